The lowest BCUT2D eigenvalue weighted by atomic mass is 9.94. The van der Waals surface area contributed by atoms with Gasteiger partial charge in [-0.1, -0.05) is 37.6 Å². The monoisotopic (exact) mass is 663 g/mol. The largest absolute Gasteiger partial charge is 0.497 e. The number of piperidine rings is 1. The second-order valence-electron chi connectivity index (χ2n) is 13.6. The number of methoxy groups -OCH3 is 1. The summed E-state index contributed by atoms with van der Waals surface area (Å²) >= 11 is 6.58. The third-order valence-electron chi connectivity index (χ3n) is 9.83. The molecule has 7 rings (SSSR count). The van der Waals surface area contributed by atoms with Gasteiger partial charge in [0.1, 0.15) is 18.7 Å². The highest BCUT2D eigenvalue weighted by molar-refractivity contribution is 6.31. The van der Waals surface area contributed by atoms with Gasteiger partial charge in [0.15, 0.2) is 0 Å². The van der Waals surface area contributed by atoms with E-state index in [4.69, 9.17) is 21.1 Å². The van der Waals surface area contributed by atoms with Gasteiger partial charge in [0.25, 0.3) is 5.92 Å². The van der Waals surface area contributed by atoms with E-state index in [1.807, 2.05) is 63.2 Å². The number of aromatic nitrogens is 3. The van der Waals surface area contributed by atoms with Crippen molar-refractivity contribution in [2.45, 2.75) is 52.3 Å². The second kappa shape index (κ2) is 11.6. The first-order chi connectivity index (χ1) is 22.3. The molecule has 3 fully saturated rings. The van der Waals surface area contributed by atoms with Crippen molar-refractivity contribution in [3.8, 4) is 17.0 Å². The van der Waals surface area contributed by atoms with Crippen LogP contribution >= 0.6 is 11.6 Å². The molecule has 246 valence electrons. The van der Waals surface area contributed by atoms with Gasteiger partial charge in [0, 0.05) is 36.3 Å². The van der Waals surface area contributed by atoms with E-state index in [-0.39, 0.29) is 35.6 Å². The van der Waals surface area contributed by atoms with E-state index in [9.17, 15) is 18.4 Å². The van der Waals surface area contributed by atoms with Crippen LogP contribution in [0.5, 0.6) is 5.75 Å². The number of nitrogens with zero attached hydrogens (tertiary/aromatic N) is 5. The minimum absolute atomic E-state index is 0.130. The number of halogens is 3. The standard InChI is InChI=1S/C35H36ClF2N5O4/c1-20-9-23(36)11-27(26(20)12-25-16-41(17-35(37,38)18-47-25)13-21-5-7-24(46-4)8-6-21)31-28-10-22(15-43(28)40-19-39-31)14-42-32(44)29-30(33(42)45)34(29,2)3/h5-11,15,19,25,29-30H,12-14,16-18H2,1-4H3. The van der Waals surface area contributed by atoms with Gasteiger partial charge < -0.3 is 9.47 Å². The van der Waals surface area contributed by atoms with Gasteiger partial charge in [0.05, 0.1) is 49.3 Å². The zero-order valence-corrected chi connectivity index (χ0v) is 27.4. The van der Waals surface area contributed by atoms with E-state index < -0.39 is 25.2 Å². The van der Waals surface area contributed by atoms with E-state index >= 15 is 0 Å². The summed E-state index contributed by atoms with van der Waals surface area (Å²) in [7, 11) is 1.59. The minimum atomic E-state index is -3.01. The molecule has 4 heterocycles. The molecule has 12 heteroatoms. The highest BCUT2D eigenvalue weighted by Gasteiger charge is 2.72. The number of amides is 2. The first kappa shape index (κ1) is 31.7. The Morgan fingerprint density at radius 1 is 1.04 bits per heavy atom. The summed E-state index contributed by atoms with van der Waals surface area (Å²) < 4.78 is 42.6. The molecule has 4 aromatic rings. The Balaban J connectivity index is 1.17. The fourth-order valence-corrected chi connectivity index (χ4v) is 7.63. The lowest BCUT2D eigenvalue weighted by Gasteiger charge is -2.25. The maximum absolute atomic E-state index is 14.9. The second-order valence-corrected chi connectivity index (χ2v) is 14.0. The van der Waals surface area contributed by atoms with Crippen LogP contribution in [0.4, 0.5) is 8.78 Å². The Morgan fingerprint density at radius 3 is 2.47 bits per heavy atom. The number of fused-ring (bicyclic) bond motifs is 2. The summed E-state index contributed by atoms with van der Waals surface area (Å²) in [6, 6.07) is 13.0. The predicted octanol–water partition coefficient (Wildman–Crippen LogP) is 5.59. The van der Waals surface area contributed by atoms with Crippen molar-refractivity contribution in [2.75, 3.05) is 26.8 Å². The van der Waals surface area contributed by atoms with Gasteiger partial charge in [-0.15, -0.1) is 0 Å². The van der Waals surface area contributed by atoms with Gasteiger partial charge >= 0.3 is 0 Å². The minimum Gasteiger partial charge on any atom is -0.497 e. The van der Waals surface area contributed by atoms with E-state index in [1.165, 1.54) is 11.2 Å². The number of carbonyl (C=O) groups excluding carboxylic acids is 2. The van der Waals surface area contributed by atoms with Crippen molar-refractivity contribution >= 4 is 28.9 Å². The molecule has 3 atom stereocenters. The van der Waals surface area contributed by atoms with E-state index in [2.05, 4.69) is 10.1 Å². The number of carbonyl (C=O) groups is 2. The molecular formula is C35H36ClF2N5O4. The number of rotatable bonds is 8. The molecular weight excluding hydrogens is 628 g/mol. The quantitative estimate of drug-likeness (QED) is 0.227. The Kier molecular flexibility index (Phi) is 7.84. The molecule has 0 bridgehead atoms. The molecule has 1 aliphatic carbocycles. The van der Waals surface area contributed by atoms with Gasteiger partial charge in [0.2, 0.25) is 11.8 Å². The number of aryl methyl sites for hydroxylation is 1. The van der Waals surface area contributed by atoms with Crippen LogP contribution < -0.4 is 4.74 Å². The number of alkyl halides is 2. The molecule has 2 saturated heterocycles. The molecule has 3 unspecified atom stereocenters. The third-order valence-corrected chi connectivity index (χ3v) is 10.0. The number of ether oxygens (including phenoxy) is 2. The molecule has 3 aliphatic rings. The Hall–Kier alpha value is -3.93. The zero-order chi connectivity index (χ0) is 33.2. The van der Waals surface area contributed by atoms with Crippen LogP contribution in [0, 0.1) is 24.2 Å². The van der Waals surface area contributed by atoms with Crippen LogP contribution in [0.25, 0.3) is 16.8 Å². The maximum atomic E-state index is 14.9. The number of benzene rings is 2. The number of hydrogen-bond acceptors (Lipinski definition) is 7. The van der Waals surface area contributed by atoms with Crippen LogP contribution in [-0.4, -0.2) is 75.0 Å². The van der Waals surface area contributed by atoms with E-state index in [0.717, 1.165) is 27.8 Å². The van der Waals surface area contributed by atoms with Crippen LogP contribution in [0.1, 0.15) is 36.1 Å². The Labute approximate surface area is 276 Å². The highest BCUT2D eigenvalue weighted by Crippen LogP contribution is 2.63. The van der Waals surface area contributed by atoms with Crippen molar-refractivity contribution in [3.63, 3.8) is 0 Å². The van der Waals surface area contributed by atoms with Crippen LogP contribution in [0.2, 0.25) is 5.02 Å². The van der Waals surface area contributed by atoms with Crippen molar-refractivity contribution in [3.05, 3.63) is 82.3 Å². The summed E-state index contributed by atoms with van der Waals surface area (Å²) in [4.78, 5) is 33.7. The third kappa shape index (κ3) is 5.89. The zero-order valence-electron chi connectivity index (χ0n) is 26.7. The molecule has 9 nitrogen and oxygen atoms in total. The predicted molar refractivity (Wildman–Crippen MR) is 171 cm³/mol. The molecule has 0 spiro atoms. The summed E-state index contributed by atoms with van der Waals surface area (Å²) in [6.45, 7) is 5.55. The number of imide groups is 1. The average molecular weight is 664 g/mol. The summed E-state index contributed by atoms with van der Waals surface area (Å²) in [5, 5.41) is 4.90. The van der Waals surface area contributed by atoms with Crippen LogP contribution in [0.3, 0.4) is 0 Å². The smallest absolute Gasteiger partial charge is 0.283 e. The van der Waals surface area contributed by atoms with Gasteiger partial charge in [-0.05, 0) is 64.9 Å². The van der Waals surface area contributed by atoms with Crippen molar-refractivity contribution in [2.24, 2.45) is 17.3 Å². The van der Waals surface area contributed by atoms with Crippen molar-refractivity contribution in [1.29, 1.82) is 0 Å². The van der Waals surface area contributed by atoms with Crippen LogP contribution in [0.15, 0.2) is 55.0 Å². The number of likely N-dealkylation sites (tertiary alicyclic amines) is 1. The van der Waals surface area contributed by atoms with E-state index in [1.54, 1.807) is 22.7 Å². The fraction of sp³-hybridized carbons (Fsp3) is 0.429. The maximum Gasteiger partial charge on any atom is 0.283 e. The molecule has 0 radical (unpaired) electrons. The fourth-order valence-electron chi connectivity index (χ4n) is 7.35. The average Bonchev–Trinajstić information content (AvgIpc) is 3.27. The first-order valence-corrected chi connectivity index (χ1v) is 16.0. The van der Waals surface area contributed by atoms with Gasteiger partial charge in [-0.25, -0.2) is 18.3 Å². The SMILES string of the molecule is COc1ccc(CN2CC(Cc3c(C)cc(Cl)cc3-c3ncnn4cc(CN5C(=O)C6C(C5=O)C6(C)C)cc34)OCC(F)(F)C2)cc1. The molecule has 1 saturated carbocycles. The van der Waals surface area contributed by atoms with Gasteiger partial charge in [-0.3, -0.25) is 19.4 Å². The lowest BCUT2D eigenvalue weighted by Crippen LogP contribution is -2.37. The molecule has 47 heavy (non-hydrogen) atoms. The molecule has 2 aromatic heterocycles. The normalized spacial score (nSPS) is 23.6. The van der Waals surface area contributed by atoms with Crippen molar-refractivity contribution < 1.29 is 27.8 Å². The molecule has 0 N–H and O–H groups in total. The van der Waals surface area contributed by atoms with Crippen LogP contribution in [-0.2, 0) is 33.8 Å². The Morgan fingerprint density at radius 2 is 1.77 bits per heavy atom. The van der Waals surface area contributed by atoms with Crippen molar-refractivity contribution in [1.82, 2.24) is 24.4 Å². The lowest BCUT2D eigenvalue weighted by molar-refractivity contribution is -0.143. The summed E-state index contributed by atoms with van der Waals surface area (Å²) in [5.41, 5.74) is 5.14. The highest BCUT2D eigenvalue weighted by atomic mass is 35.5. The number of hydrogen-bond donors (Lipinski definition) is 0. The molecule has 2 amide bonds. The summed E-state index contributed by atoms with van der Waals surface area (Å²) in [5.74, 6) is -3.07. The van der Waals surface area contributed by atoms with Gasteiger partial charge in [-0.2, -0.15) is 5.10 Å². The Bertz CT molecular complexity index is 1850. The molecule has 2 aromatic carbocycles. The first-order valence-electron chi connectivity index (χ1n) is 15.7. The topological polar surface area (TPSA) is 89.3 Å². The molecule has 2 aliphatic heterocycles. The summed E-state index contributed by atoms with van der Waals surface area (Å²) in [6.07, 6.45) is 3.06. The van der Waals surface area contributed by atoms with E-state index in [0.29, 0.717) is 41.5 Å².